The van der Waals surface area contributed by atoms with Crippen LogP contribution in [-0.4, -0.2) is 18.4 Å². The number of benzene rings is 1. The second-order valence-corrected chi connectivity index (χ2v) is 19.9. The van der Waals surface area contributed by atoms with Crippen LogP contribution in [0.5, 0.6) is 0 Å². The van der Waals surface area contributed by atoms with E-state index in [1.165, 1.54) is 0 Å². The molecule has 0 heterocycles. The summed E-state index contributed by atoms with van der Waals surface area (Å²) in [7, 11) is 0. The molecule has 0 aliphatic carbocycles. The monoisotopic (exact) mass is 454 g/mol. The molecular weight excluding hydrogens is 423 g/mol. The number of unbranched alkanes of at least 4 members (excludes halogenated alkanes) is 3. The number of rotatable bonds is 10. The first-order valence-corrected chi connectivity index (χ1v) is 16.7. The zero-order chi connectivity index (χ0) is 18.3. The summed E-state index contributed by atoms with van der Waals surface area (Å²) in [5.74, 6) is -4.61. The molecule has 0 saturated heterocycles. The molecule has 24 heavy (non-hydrogen) atoms. The van der Waals surface area contributed by atoms with Gasteiger partial charge in [0.25, 0.3) is 0 Å². The molecule has 0 amide bonds. The van der Waals surface area contributed by atoms with Gasteiger partial charge in [0.05, 0.1) is 0 Å². The van der Waals surface area contributed by atoms with Crippen LogP contribution in [0.3, 0.4) is 0 Å². The molecule has 0 fully saturated rings. The topological polar surface area (TPSA) is 0 Å². The van der Waals surface area contributed by atoms with Crippen LogP contribution < -0.4 is 3.58 Å². The molecule has 0 N–H and O–H groups in total. The predicted molar refractivity (Wildman–Crippen MR) is 95.5 cm³/mol. The Kier molecular flexibility index (Phi) is 9.10. The van der Waals surface area contributed by atoms with Crippen LogP contribution in [0.2, 0.25) is 13.3 Å². The molecule has 1 aromatic rings. The second kappa shape index (κ2) is 10.0. The third kappa shape index (κ3) is 4.67. The fraction of sp³-hybridized carbons (Fsp3) is 0.684. The molecule has 138 valence electrons. The molecule has 0 aliphatic rings. The molecule has 0 radical (unpaired) electrons. The Morgan fingerprint density at radius 1 is 0.625 bits per heavy atom. The Hall–Kier alpha value is -0.261. The van der Waals surface area contributed by atoms with Crippen molar-refractivity contribution in [2.75, 3.05) is 0 Å². The Balaban J connectivity index is 3.56. The quantitative estimate of drug-likeness (QED) is 0.213. The summed E-state index contributed by atoms with van der Waals surface area (Å²) in [5.41, 5.74) is -0.546. The SMILES string of the molecule is CCC[CH2][Sn]([CH2]CCC)([CH2]CCC)[c]1c(F)c(F)c(C)c(F)c1F. The number of halogens is 4. The summed E-state index contributed by atoms with van der Waals surface area (Å²) in [6, 6.07) is 0. The van der Waals surface area contributed by atoms with Gasteiger partial charge in [-0.05, 0) is 0 Å². The maximum absolute atomic E-state index is 14.8. The van der Waals surface area contributed by atoms with Crippen molar-refractivity contribution in [1.82, 2.24) is 0 Å². The molecule has 5 heteroatoms. The molecule has 0 saturated carbocycles. The van der Waals surface area contributed by atoms with Crippen molar-refractivity contribution >= 4 is 22.0 Å². The first-order chi connectivity index (χ1) is 11.4. The van der Waals surface area contributed by atoms with Crippen molar-refractivity contribution in [3.8, 4) is 0 Å². The first kappa shape index (κ1) is 21.8. The minimum atomic E-state index is -3.57. The molecule has 0 aromatic heterocycles. The van der Waals surface area contributed by atoms with Gasteiger partial charge in [-0.3, -0.25) is 0 Å². The van der Waals surface area contributed by atoms with Crippen LogP contribution in [0.1, 0.15) is 64.9 Å². The molecule has 0 aliphatic heterocycles. The number of hydrogen-bond donors (Lipinski definition) is 0. The summed E-state index contributed by atoms with van der Waals surface area (Å²) in [4.78, 5) is 0. The van der Waals surface area contributed by atoms with E-state index in [1.807, 2.05) is 20.8 Å². The van der Waals surface area contributed by atoms with E-state index in [4.69, 9.17) is 0 Å². The van der Waals surface area contributed by atoms with Crippen LogP contribution in [-0.2, 0) is 0 Å². The number of hydrogen-bond acceptors (Lipinski definition) is 0. The second-order valence-electron chi connectivity index (χ2n) is 6.85. The van der Waals surface area contributed by atoms with Crippen LogP contribution in [0.4, 0.5) is 17.6 Å². The van der Waals surface area contributed by atoms with Gasteiger partial charge in [0.15, 0.2) is 0 Å². The summed E-state index contributed by atoms with van der Waals surface area (Å²) < 4.78 is 60.0. The van der Waals surface area contributed by atoms with Crippen LogP contribution in [0.15, 0.2) is 0 Å². The van der Waals surface area contributed by atoms with Gasteiger partial charge < -0.3 is 0 Å². The third-order valence-corrected chi connectivity index (χ3v) is 20.5. The van der Waals surface area contributed by atoms with E-state index in [0.29, 0.717) is 0 Å². The van der Waals surface area contributed by atoms with Gasteiger partial charge in [0, 0.05) is 0 Å². The molecule has 0 nitrogen and oxygen atoms in total. The predicted octanol–water partition coefficient (Wildman–Crippen LogP) is 6.61. The minimum absolute atomic E-state index is 0.153. The molecule has 0 unspecified atom stereocenters. The molecular formula is C19H30F4Sn. The zero-order valence-corrected chi connectivity index (χ0v) is 18.2. The van der Waals surface area contributed by atoms with Crippen molar-refractivity contribution < 1.29 is 17.6 Å². The van der Waals surface area contributed by atoms with Crippen molar-refractivity contribution in [3.63, 3.8) is 0 Å². The molecule has 0 spiro atoms. The van der Waals surface area contributed by atoms with Crippen LogP contribution in [0, 0.1) is 30.2 Å². The van der Waals surface area contributed by atoms with Crippen LogP contribution in [0.25, 0.3) is 0 Å². The fourth-order valence-electron chi connectivity index (χ4n) is 3.50. The van der Waals surface area contributed by atoms with Crippen LogP contribution >= 0.6 is 0 Å². The van der Waals surface area contributed by atoms with E-state index < -0.39 is 47.2 Å². The summed E-state index contributed by atoms with van der Waals surface area (Å²) in [6.45, 7) is 7.22. The van der Waals surface area contributed by atoms with Gasteiger partial charge in [-0.15, -0.1) is 0 Å². The fourth-order valence-corrected chi connectivity index (χ4v) is 19.9. The molecule has 1 aromatic carbocycles. The van der Waals surface area contributed by atoms with E-state index >= 15 is 0 Å². The Bertz CT molecular complexity index is 492. The Morgan fingerprint density at radius 3 is 1.25 bits per heavy atom. The summed E-state index contributed by atoms with van der Waals surface area (Å²) >= 11 is -3.57. The van der Waals surface area contributed by atoms with Gasteiger partial charge in [-0.2, -0.15) is 0 Å². The van der Waals surface area contributed by atoms with Crippen molar-refractivity contribution in [2.45, 2.75) is 79.5 Å². The van der Waals surface area contributed by atoms with Gasteiger partial charge in [0.2, 0.25) is 0 Å². The van der Waals surface area contributed by atoms with E-state index in [0.717, 1.165) is 58.8 Å². The third-order valence-electron chi connectivity index (χ3n) is 5.04. The molecule has 0 bridgehead atoms. The van der Waals surface area contributed by atoms with Crippen molar-refractivity contribution in [2.24, 2.45) is 0 Å². The summed E-state index contributed by atoms with van der Waals surface area (Å²) in [6.07, 6.45) is 5.41. The first-order valence-electron chi connectivity index (χ1n) is 9.19. The zero-order valence-electron chi connectivity index (χ0n) is 15.4. The molecule has 0 atom stereocenters. The normalized spacial score (nSPS) is 12.0. The summed E-state index contributed by atoms with van der Waals surface area (Å²) in [5, 5.41) is 0. The van der Waals surface area contributed by atoms with Gasteiger partial charge >= 0.3 is 148 Å². The standard InChI is InChI=1S/C7H3F4.3C4H9.Sn/c1-3-6(10)4(8)2-5(9)7(3)11;3*1-3-4-2;/h1H3;3*1,3-4H2,2H3;. The van der Waals surface area contributed by atoms with Crippen molar-refractivity contribution in [3.05, 3.63) is 28.8 Å². The van der Waals surface area contributed by atoms with E-state index in [9.17, 15) is 17.6 Å². The van der Waals surface area contributed by atoms with Gasteiger partial charge in [0.1, 0.15) is 0 Å². The van der Waals surface area contributed by atoms with E-state index in [2.05, 4.69) is 0 Å². The maximum atomic E-state index is 14.8. The average Bonchev–Trinajstić information content (AvgIpc) is 2.59. The van der Waals surface area contributed by atoms with E-state index in [-0.39, 0.29) is 3.58 Å². The van der Waals surface area contributed by atoms with Gasteiger partial charge in [-0.1, -0.05) is 0 Å². The van der Waals surface area contributed by atoms with E-state index in [1.54, 1.807) is 0 Å². The van der Waals surface area contributed by atoms with Crippen molar-refractivity contribution in [1.29, 1.82) is 0 Å². The average molecular weight is 453 g/mol. The Labute approximate surface area is 147 Å². The van der Waals surface area contributed by atoms with Gasteiger partial charge in [-0.25, -0.2) is 0 Å². The molecule has 1 rings (SSSR count). The Morgan fingerprint density at radius 2 is 0.958 bits per heavy atom.